The number of amides is 1. The fraction of sp³-hybridized carbons (Fsp3) is 0.190. The smallest absolute Gasteiger partial charge is 0.411 e. The molecule has 1 amide bonds. The van der Waals surface area contributed by atoms with Crippen LogP contribution in [0.25, 0.3) is 27.3 Å². The molecule has 1 aromatic carbocycles. The van der Waals surface area contributed by atoms with Crippen LogP contribution in [0.4, 0.5) is 10.5 Å². The molecule has 1 N–H and O–H groups in total. The molecule has 0 unspecified atom stereocenters. The van der Waals surface area contributed by atoms with E-state index in [1.807, 2.05) is 66.3 Å². The van der Waals surface area contributed by atoms with Crippen LogP contribution in [0.15, 0.2) is 60.2 Å². The summed E-state index contributed by atoms with van der Waals surface area (Å²) in [6.45, 7) is 4.38. The van der Waals surface area contributed by atoms with Gasteiger partial charge in [-0.15, -0.1) is 11.3 Å². The summed E-state index contributed by atoms with van der Waals surface area (Å²) < 4.78 is 7.02. The van der Waals surface area contributed by atoms with E-state index in [2.05, 4.69) is 21.5 Å². The molecule has 4 aromatic rings. The molecule has 0 spiro atoms. The number of nitrogens with one attached hydrogen (secondary N) is 1. The molecule has 0 fully saturated rings. The van der Waals surface area contributed by atoms with Gasteiger partial charge in [0.15, 0.2) is 5.65 Å². The molecule has 0 aliphatic carbocycles. The molecule has 4 rings (SSSR count). The molecule has 3 heterocycles. The number of aromatic nitrogens is 3. The Bertz CT molecular complexity index is 1100. The van der Waals surface area contributed by atoms with E-state index in [0.717, 1.165) is 27.3 Å². The first-order chi connectivity index (χ1) is 13.6. The Hall–Kier alpha value is -3.19. The Labute approximate surface area is 166 Å². The molecule has 28 heavy (non-hydrogen) atoms. The van der Waals surface area contributed by atoms with E-state index in [4.69, 9.17) is 4.74 Å². The number of hydrogen-bond donors (Lipinski definition) is 1. The number of anilines is 1. The maximum absolute atomic E-state index is 12.0. The van der Waals surface area contributed by atoms with Crippen molar-refractivity contribution < 1.29 is 9.53 Å². The summed E-state index contributed by atoms with van der Waals surface area (Å²) in [7, 11) is 0. The SMILES string of the molecule is CC(C)COC(=O)Nc1cccc(-c2ccnc3c(-c4cccs4)cnn23)c1. The molecule has 142 valence electrons. The second-order valence-electron chi connectivity index (χ2n) is 6.80. The van der Waals surface area contributed by atoms with Gasteiger partial charge in [0.25, 0.3) is 0 Å². The van der Waals surface area contributed by atoms with E-state index in [1.54, 1.807) is 17.5 Å². The zero-order valence-electron chi connectivity index (χ0n) is 15.6. The van der Waals surface area contributed by atoms with Crippen molar-refractivity contribution in [2.75, 3.05) is 11.9 Å². The predicted octanol–water partition coefficient (Wildman–Crippen LogP) is 5.33. The van der Waals surface area contributed by atoms with Gasteiger partial charge in [-0.25, -0.2) is 14.3 Å². The first-order valence-electron chi connectivity index (χ1n) is 9.02. The van der Waals surface area contributed by atoms with Gasteiger partial charge in [0, 0.05) is 22.3 Å². The number of ether oxygens (including phenoxy) is 1. The number of rotatable bonds is 5. The number of hydrogen-bond acceptors (Lipinski definition) is 5. The fourth-order valence-electron chi connectivity index (χ4n) is 2.87. The average molecular weight is 392 g/mol. The first-order valence-corrected chi connectivity index (χ1v) is 9.90. The standard InChI is InChI=1S/C21H20N4O2S/c1-14(2)13-27-21(26)24-16-6-3-5-15(11-16)18-8-9-22-20-17(12-23-25(18)20)19-7-4-10-28-19/h3-12,14H,13H2,1-2H3,(H,24,26). The van der Waals surface area contributed by atoms with Gasteiger partial charge in [-0.05, 0) is 35.6 Å². The van der Waals surface area contributed by atoms with Crippen molar-refractivity contribution in [2.45, 2.75) is 13.8 Å². The number of benzene rings is 1. The summed E-state index contributed by atoms with van der Waals surface area (Å²) in [5, 5.41) is 9.36. The van der Waals surface area contributed by atoms with E-state index < -0.39 is 6.09 Å². The van der Waals surface area contributed by atoms with Crippen molar-refractivity contribution in [1.29, 1.82) is 0 Å². The summed E-state index contributed by atoms with van der Waals surface area (Å²) in [5.74, 6) is 0.291. The lowest BCUT2D eigenvalue weighted by Crippen LogP contribution is -2.16. The predicted molar refractivity (Wildman–Crippen MR) is 112 cm³/mol. The molecule has 0 aliphatic heterocycles. The summed E-state index contributed by atoms with van der Waals surface area (Å²) in [5.41, 5.74) is 4.29. The Morgan fingerprint density at radius 3 is 2.93 bits per heavy atom. The Balaban J connectivity index is 1.65. The molecular weight excluding hydrogens is 372 g/mol. The minimum atomic E-state index is -0.454. The van der Waals surface area contributed by atoms with Crippen LogP contribution in [0, 0.1) is 5.92 Å². The van der Waals surface area contributed by atoms with Crippen molar-refractivity contribution in [1.82, 2.24) is 14.6 Å². The topological polar surface area (TPSA) is 68.5 Å². The minimum absolute atomic E-state index is 0.291. The quantitative estimate of drug-likeness (QED) is 0.498. The molecule has 0 saturated heterocycles. The molecule has 0 bridgehead atoms. The lowest BCUT2D eigenvalue weighted by atomic mass is 10.1. The molecule has 6 nitrogen and oxygen atoms in total. The van der Waals surface area contributed by atoms with Gasteiger partial charge in [-0.3, -0.25) is 5.32 Å². The lowest BCUT2D eigenvalue weighted by molar-refractivity contribution is 0.147. The molecule has 3 aromatic heterocycles. The van der Waals surface area contributed by atoms with Crippen LogP contribution < -0.4 is 5.32 Å². The third-order valence-corrected chi connectivity index (χ3v) is 5.04. The summed E-state index contributed by atoms with van der Waals surface area (Å²) in [4.78, 5) is 17.6. The first kappa shape index (κ1) is 18.2. The second kappa shape index (κ2) is 7.82. The van der Waals surface area contributed by atoms with Crippen molar-refractivity contribution in [3.05, 3.63) is 60.2 Å². The van der Waals surface area contributed by atoms with Crippen molar-refractivity contribution >= 4 is 28.8 Å². The largest absolute Gasteiger partial charge is 0.449 e. The Morgan fingerprint density at radius 1 is 1.25 bits per heavy atom. The van der Waals surface area contributed by atoms with Crippen LogP contribution in [0.2, 0.25) is 0 Å². The highest BCUT2D eigenvalue weighted by molar-refractivity contribution is 7.13. The highest BCUT2D eigenvalue weighted by atomic mass is 32.1. The maximum Gasteiger partial charge on any atom is 0.411 e. The molecule has 7 heteroatoms. The van der Waals surface area contributed by atoms with Crippen LogP contribution >= 0.6 is 11.3 Å². The van der Waals surface area contributed by atoms with E-state index >= 15 is 0 Å². The zero-order valence-corrected chi connectivity index (χ0v) is 16.4. The van der Waals surface area contributed by atoms with E-state index in [1.165, 1.54) is 0 Å². The van der Waals surface area contributed by atoms with Gasteiger partial charge in [-0.1, -0.05) is 32.0 Å². The van der Waals surface area contributed by atoms with Crippen molar-refractivity contribution in [3.63, 3.8) is 0 Å². The summed E-state index contributed by atoms with van der Waals surface area (Å²) >= 11 is 1.66. The number of thiophene rings is 1. The number of carbonyl (C=O) groups excluding carboxylic acids is 1. The monoisotopic (exact) mass is 392 g/mol. The van der Waals surface area contributed by atoms with Gasteiger partial charge < -0.3 is 4.74 Å². The number of fused-ring (bicyclic) bond motifs is 1. The van der Waals surface area contributed by atoms with E-state index in [-0.39, 0.29) is 0 Å². The molecular formula is C21H20N4O2S. The molecule has 0 radical (unpaired) electrons. The molecule has 0 saturated carbocycles. The number of carbonyl (C=O) groups is 1. The number of nitrogens with zero attached hydrogens (tertiary/aromatic N) is 3. The average Bonchev–Trinajstić information content (AvgIpc) is 3.35. The normalized spacial score (nSPS) is 11.1. The van der Waals surface area contributed by atoms with Crippen molar-refractivity contribution in [2.24, 2.45) is 5.92 Å². The second-order valence-corrected chi connectivity index (χ2v) is 7.75. The van der Waals surface area contributed by atoms with Gasteiger partial charge in [0.1, 0.15) is 0 Å². The van der Waals surface area contributed by atoms with Crippen molar-refractivity contribution in [3.8, 4) is 21.7 Å². The fourth-order valence-corrected chi connectivity index (χ4v) is 3.60. The maximum atomic E-state index is 12.0. The summed E-state index contributed by atoms with van der Waals surface area (Å²) in [6, 6.07) is 13.6. The van der Waals surface area contributed by atoms with Gasteiger partial charge in [0.2, 0.25) is 0 Å². The van der Waals surface area contributed by atoms with E-state index in [0.29, 0.717) is 18.2 Å². The van der Waals surface area contributed by atoms with Gasteiger partial charge >= 0.3 is 6.09 Å². The Morgan fingerprint density at radius 2 is 2.14 bits per heavy atom. The lowest BCUT2D eigenvalue weighted by Gasteiger charge is -2.10. The third kappa shape index (κ3) is 3.75. The third-order valence-electron chi connectivity index (χ3n) is 4.14. The van der Waals surface area contributed by atoms with Gasteiger partial charge in [0.05, 0.1) is 24.1 Å². The Kier molecular flexibility index (Phi) is 5.08. The zero-order chi connectivity index (χ0) is 19.5. The highest BCUT2D eigenvalue weighted by Crippen LogP contribution is 2.30. The van der Waals surface area contributed by atoms with Crippen LogP contribution in [0.3, 0.4) is 0 Å². The van der Waals surface area contributed by atoms with Crippen LogP contribution in [0.5, 0.6) is 0 Å². The van der Waals surface area contributed by atoms with Crippen LogP contribution in [-0.4, -0.2) is 27.3 Å². The minimum Gasteiger partial charge on any atom is -0.449 e. The molecule has 0 atom stereocenters. The van der Waals surface area contributed by atoms with Crippen LogP contribution in [-0.2, 0) is 4.74 Å². The molecule has 0 aliphatic rings. The highest BCUT2D eigenvalue weighted by Gasteiger charge is 2.13. The van der Waals surface area contributed by atoms with Gasteiger partial charge in [-0.2, -0.15) is 5.10 Å². The summed E-state index contributed by atoms with van der Waals surface area (Å²) in [6.07, 6.45) is 3.16. The van der Waals surface area contributed by atoms with E-state index in [9.17, 15) is 4.79 Å². The van der Waals surface area contributed by atoms with Crippen LogP contribution in [0.1, 0.15) is 13.8 Å².